The molecule has 1 rings (SSSR count). The number of halogens is 2. The molecule has 0 unspecified atom stereocenters. The second-order valence-corrected chi connectivity index (χ2v) is 4.36. The molecular weight excluding hydrogens is 206 g/mol. The standard InChI is InChI=1S/C14H20F2/c1-3-6-11(7-4-2)10-12-8-5-9-13(15)14(12)16/h5,8-9,11H,3-4,6-7,10H2,1-2H3. The van der Waals surface area contributed by atoms with E-state index in [0.717, 1.165) is 25.7 Å². The maximum Gasteiger partial charge on any atom is 0.162 e. The largest absolute Gasteiger partial charge is 0.204 e. The van der Waals surface area contributed by atoms with E-state index < -0.39 is 11.6 Å². The fourth-order valence-corrected chi connectivity index (χ4v) is 2.18. The highest BCUT2D eigenvalue weighted by atomic mass is 19.2. The van der Waals surface area contributed by atoms with Crippen LogP contribution in [0.1, 0.15) is 45.1 Å². The maximum absolute atomic E-state index is 13.5. The van der Waals surface area contributed by atoms with Gasteiger partial charge in [-0.3, -0.25) is 0 Å². The summed E-state index contributed by atoms with van der Waals surface area (Å²) in [6.45, 7) is 4.26. The van der Waals surface area contributed by atoms with Gasteiger partial charge < -0.3 is 0 Å². The molecule has 0 nitrogen and oxygen atoms in total. The molecule has 0 fully saturated rings. The number of hydrogen-bond acceptors (Lipinski definition) is 0. The Morgan fingerprint density at radius 2 is 1.69 bits per heavy atom. The predicted molar refractivity (Wildman–Crippen MR) is 63.4 cm³/mol. The minimum Gasteiger partial charge on any atom is -0.204 e. The minimum absolute atomic E-state index is 0.478. The Bertz CT molecular complexity index is 315. The molecule has 0 atom stereocenters. The Balaban J connectivity index is 2.72. The first-order valence-electron chi connectivity index (χ1n) is 6.11. The van der Waals surface area contributed by atoms with E-state index in [0.29, 0.717) is 17.9 Å². The maximum atomic E-state index is 13.5. The summed E-state index contributed by atoms with van der Waals surface area (Å²) in [4.78, 5) is 0. The minimum atomic E-state index is -0.732. The molecule has 0 radical (unpaired) electrons. The van der Waals surface area contributed by atoms with Crippen LogP contribution in [0.4, 0.5) is 8.78 Å². The Labute approximate surface area is 96.7 Å². The number of rotatable bonds is 6. The molecule has 0 spiro atoms. The van der Waals surface area contributed by atoms with Crippen molar-refractivity contribution in [3.05, 3.63) is 35.4 Å². The van der Waals surface area contributed by atoms with Gasteiger partial charge >= 0.3 is 0 Å². The summed E-state index contributed by atoms with van der Waals surface area (Å²) in [6.07, 6.45) is 5.03. The molecule has 0 aliphatic rings. The molecule has 1 aromatic rings. The second kappa shape index (κ2) is 6.62. The van der Waals surface area contributed by atoms with Crippen molar-refractivity contribution in [2.75, 3.05) is 0 Å². The van der Waals surface area contributed by atoms with Crippen LogP contribution in [-0.2, 0) is 6.42 Å². The van der Waals surface area contributed by atoms with E-state index in [2.05, 4.69) is 13.8 Å². The molecule has 0 amide bonds. The van der Waals surface area contributed by atoms with E-state index in [-0.39, 0.29) is 0 Å². The Kier molecular flexibility index (Phi) is 5.44. The van der Waals surface area contributed by atoms with Gasteiger partial charge in [0, 0.05) is 0 Å². The predicted octanol–water partition coefficient (Wildman–Crippen LogP) is 4.72. The highest BCUT2D eigenvalue weighted by Gasteiger charge is 2.13. The normalized spacial score (nSPS) is 11.1. The summed E-state index contributed by atoms with van der Waals surface area (Å²) in [5.74, 6) is -0.921. The smallest absolute Gasteiger partial charge is 0.162 e. The lowest BCUT2D eigenvalue weighted by molar-refractivity contribution is 0.422. The summed E-state index contributed by atoms with van der Waals surface area (Å²) < 4.78 is 26.5. The van der Waals surface area contributed by atoms with E-state index in [1.165, 1.54) is 6.07 Å². The van der Waals surface area contributed by atoms with Crippen molar-refractivity contribution in [2.45, 2.75) is 46.0 Å². The van der Waals surface area contributed by atoms with E-state index >= 15 is 0 Å². The lowest BCUT2D eigenvalue weighted by Crippen LogP contribution is -2.06. The molecule has 2 heteroatoms. The third-order valence-electron chi connectivity index (χ3n) is 2.93. The third-order valence-corrected chi connectivity index (χ3v) is 2.93. The van der Waals surface area contributed by atoms with Crippen molar-refractivity contribution in [1.29, 1.82) is 0 Å². The number of hydrogen-bond donors (Lipinski definition) is 0. The molecule has 0 aliphatic heterocycles. The van der Waals surface area contributed by atoms with Crippen LogP contribution in [0.25, 0.3) is 0 Å². The van der Waals surface area contributed by atoms with Gasteiger partial charge in [-0.2, -0.15) is 0 Å². The molecule has 0 heterocycles. The van der Waals surface area contributed by atoms with E-state index in [1.807, 2.05) is 0 Å². The zero-order valence-corrected chi connectivity index (χ0v) is 10.1. The quantitative estimate of drug-likeness (QED) is 0.658. The van der Waals surface area contributed by atoms with Gasteiger partial charge in [-0.25, -0.2) is 8.78 Å². The van der Waals surface area contributed by atoms with Crippen molar-refractivity contribution in [3.8, 4) is 0 Å². The van der Waals surface area contributed by atoms with Gasteiger partial charge in [0.15, 0.2) is 11.6 Å². The number of benzene rings is 1. The molecule has 1 aromatic carbocycles. The lowest BCUT2D eigenvalue weighted by Gasteiger charge is -2.15. The molecule has 0 bridgehead atoms. The Morgan fingerprint density at radius 3 is 2.25 bits per heavy atom. The molecule has 0 aliphatic carbocycles. The zero-order chi connectivity index (χ0) is 12.0. The first kappa shape index (κ1) is 13.1. The average Bonchev–Trinajstić information content (AvgIpc) is 2.25. The summed E-state index contributed by atoms with van der Waals surface area (Å²) in [7, 11) is 0. The fraction of sp³-hybridized carbons (Fsp3) is 0.571. The van der Waals surface area contributed by atoms with E-state index in [4.69, 9.17) is 0 Å². The molecule has 0 saturated carbocycles. The first-order valence-corrected chi connectivity index (χ1v) is 6.11. The lowest BCUT2D eigenvalue weighted by atomic mass is 9.91. The van der Waals surface area contributed by atoms with Gasteiger partial charge in [-0.15, -0.1) is 0 Å². The molecule has 0 N–H and O–H groups in total. The zero-order valence-electron chi connectivity index (χ0n) is 10.1. The highest BCUT2D eigenvalue weighted by molar-refractivity contribution is 5.19. The van der Waals surface area contributed by atoms with Crippen LogP contribution < -0.4 is 0 Å². The summed E-state index contributed by atoms with van der Waals surface area (Å²) >= 11 is 0. The van der Waals surface area contributed by atoms with Crippen LogP contribution in [0.5, 0.6) is 0 Å². The molecule has 16 heavy (non-hydrogen) atoms. The topological polar surface area (TPSA) is 0 Å². The van der Waals surface area contributed by atoms with Gasteiger partial charge in [0.2, 0.25) is 0 Å². The van der Waals surface area contributed by atoms with Gasteiger partial charge in [0.1, 0.15) is 0 Å². The van der Waals surface area contributed by atoms with Gasteiger partial charge in [0.05, 0.1) is 0 Å². The van der Waals surface area contributed by atoms with Gasteiger partial charge in [0.25, 0.3) is 0 Å². The van der Waals surface area contributed by atoms with E-state index in [9.17, 15) is 8.78 Å². The van der Waals surface area contributed by atoms with Crippen molar-refractivity contribution in [2.24, 2.45) is 5.92 Å². The first-order chi connectivity index (χ1) is 7.69. The van der Waals surface area contributed by atoms with Crippen LogP contribution in [0.15, 0.2) is 18.2 Å². The average molecular weight is 226 g/mol. The van der Waals surface area contributed by atoms with Crippen LogP contribution in [0, 0.1) is 17.6 Å². The molecule has 0 saturated heterocycles. The van der Waals surface area contributed by atoms with Crippen molar-refractivity contribution in [3.63, 3.8) is 0 Å². The Morgan fingerprint density at radius 1 is 1.06 bits per heavy atom. The summed E-state index contributed by atoms with van der Waals surface area (Å²) in [5.41, 5.74) is 0.520. The highest BCUT2D eigenvalue weighted by Crippen LogP contribution is 2.22. The van der Waals surface area contributed by atoms with E-state index in [1.54, 1.807) is 12.1 Å². The third kappa shape index (κ3) is 3.58. The SMILES string of the molecule is CCCC(CCC)Cc1cccc(F)c1F. The van der Waals surface area contributed by atoms with Crippen molar-refractivity contribution >= 4 is 0 Å². The van der Waals surface area contributed by atoms with Crippen molar-refractivity contribution in [1.82, 2.24) is 0 Å². The fourth-order valence-electron chi connectivity index (χ4n) is 2.18. The molecule has 90 valence electrons. The Hall–Kier alpha value is -0.920. The summed E-state index contributed by atoms with van der Waals surface area (Å²) in [5, 5.41) is 0. The van der Waals surface area contributed by atoms with Gasteiger partial charge in [-0.1, -0.05) is 51.7 Å². The molecule has 0 aromatic heterocycles. The summed E-state index contributed by atoms with van der Waals surface area (Å²) in [6, 6.07) is 4.45. The second-order valence-electron chi connectivity index (χ2n) is 4.36. The van der Waals surface area contributed by atoms with Crippen LogP contribution >= 0.6 is 0 Å². The molecular formula is C14H20F2. The monoisotopic (exact) mass is 226 g/mol. The van der Waals surface area contributed by atoms with Crippen LogP contribution in [0.2, 0.25) is 0 Å². The van der Waals surface area contributed by atoms with Gasteiger partial charge in [-0.05, 0) is 24.0 Å². The van der Waals surface area contributed by atoms with Crippen LogP contribution in [0.3, 0.4) is 0 Å². The van der Waals surface area contributed by atoms with Crippen LogP contribution in [-0.4, -0.2) is 0 Å². The van der Waals surface area contributed by atoms with Crippen molar-refractivity contribution < 1.29 is 8.78 Å².